The molecule has 2 aliphatic heterocycles. The quantitative estimate of drug-likeness (QED) is 0.134. The summed E-state index contributed by atoms with van der Waals surface area (Å²) in [5, 5.41) is 9.70. The van der Waals surface area contributed by atoms with Crippen molar-refractivity contribution in [3.63, 3.8) is 0 Å². The van der Waals surface area contributed by atoms with Crippen LogP contribution < -0.4 is 9.47 Å². The highest BCUT2D eigenvalue weighted by molar-refractivity contribution is 6.21. The largest absolute Gasteiger partial charge is 0.489 e. The highest BCUT2D eigenvalue weighted by Crippen LogP contribution is 2.49. The van der Waals surface area contributed by atoms with Gasteiger partial charge in [0.2, 0.25) is 11.8 Å². The zero-order valence-corrected chi connectivity index (χ0v) is 30.9. The Kier molecular flexibility index (Phi) is 6.45. The van der Waals surface area contributed by atoms with Gasteiger partial charge in [-0.25, -0.2) is 4.98 Å². The summed E-state index contributed by atoms with van der Waals surface area (Å²) in [6.07, 6.45) is 14.1. The lowest BCUT2D eigenvalue weighted by molar-refractivity contribution is 0.179. The van der Waals surface area contributed by atoms with E-state index in [-0.39, 0.29) is 30.0 Å². The van der Waals surface area contributed by atoms with Gasteiger partial charge in [-0.1, -0.05) is 140 Å². The maximum absolute atomic E-state index is 6.65. The van der Waals surface area contributed by atoms with Crippen LogP contribution in [-0.4, -0.2) is 26.7 Å². The van der Waals surface area contributed by atoms with Gasteiger partial charge in [-0.15, -0.1) is 0 Å². The topological polar surface area (TPSA) is 49.2 Å². The number of hydrogen-bond acceptors (Lipinski definition) is 4. The van der Waals surface area contributed by atoms with Crippen LogP contribution >= 0.6 is 0 Å². The van der Waals surface area contributed by atoms with Crippen LogP contribution in [0.2, 0.25) is 0 Å². The molecule has 0 saturated carbocycles. The van der Waals surface area contributed by atoms with Crippen molar-refractivity contribution in [2.75, 3.05) is 0 Å². The third kappa shape index (κ3) is 4.51. The molecule has 5 unspecified atom stereocenters. The Bertz CT molecular complexity index is 3280. The molecule has 0 N–H and O–H groups in total. The first-order valence-electron chi connectivity index (χ1n) is 20.0. The molecule has 57 heavy (non-hydrogen) atoms. The fraction of sp³-hybridized carbons (Fsp3) is 0.115. The van der Waals surface area contributed by atoms with E-state index in [1.165, 1.54) is 54.2 Å². The Morgan fingerprint density at radius 2 is 1.37 bits per heavy atom. The minimum absolute atomic E-state index is 0.0383. The molecule has 7 aromatic carbocycles. The summed E-state index contributed by atoms with van der Waals surface area (Å²) in [7, 11) is 0. The molecule has 5 atom stereocenters. The van der Waals surface area contributed by atoms with Crippen LogP contribution in [0.5, 0.6) is 11.6 Å². The van der Waals surface area contributed by atoms with Gasteiger partial charge in [-0.3, -0.25) is 4.57 Å². The molecule has 5 nitrogen and oxygen atoms in total. The van der Waals surface area contributed by atoms with E-state index in [1.807, 2.05) is 0 Å². The van der Waals surface area contributed by atoms with E-state index in [2.05, 4.69) is 174 Å². The Balaban J connectivity index is 0.984. The molecule has 270 valence electrons. The van der Waals surface area contributed by atoms with Crippen molar-refractivity contribution in [1.82, 2.24) is 14.5 Å². The van der Waals surface area contributed by atoms with Gasteiger partial charge in [0.25, 0.3) is 0 Å². The molecule has 4 heterocycles. The molecule has 4 aliphatic rings. The van der Waals surface area contributed by atoms with Crippen molar-refractivity contribution in [3.8, 4) is 28.8 Å². The Morgan fingerprint density at radius 1 is 0.579 bits per heavy atom. The van der Waals surface area contributed by atoms with Crippen molar-refractivity contribution in [1.29, 1.82) is 0 Å². The summed E-state index contributed by atoms with van der Waals surface area (Å²) < 4.78 is 15.5. The molecular formula is C52H35N3O2. The number of aromatic nitrogens is 3. The number of ether oxygens (including phenoxy) is 2. The Morgan fingerprint density at radius 3 is 2.35 bits per heavy atom. The molecule has 9 aromatic rings. The molecule has 0 amide bonds. The molecule has 0 bridgehead atoms. The second-order valence-corrected chi connectivity index (χ2v) is 15.9. The first-order chi connectivity index (χ1) is 28.2. The predicted octanol–water partition coefficient (Wildman–Crippen LogP) is 12.3. The van der Waals surface area contributed by atoms with Gasteiger partial charge in [-0.2, -0.15) is 4.98 Å². The third-order valence-corrected chi connectivity index (χ3v) is 12.9. The average molecular weight is 734 g/mol. The van der Waals surface area contributed by atoms with E-state index in [0.717, 1.165) is 40.0 Å². The molecule has 2 aliphatic carbocycles. The van der Waals surface area contributed by atoms with Crippen LogP contribution in [0.25, 0.3) is 71.3 Å². The highest BCUT2D eigenvalue weighted by atomic mass is 16.5. The highest BCUT2D eigenvalue weighted by Gasteiger charge is 2.41. The lowest BCUT2D eigenvalue weighted by Crippen LogP contribution is -2.28. The first kappa shape index (κ1) is 31.2. The summed E-state index contributed by atoms with van der Waals surface area (Å²) in [5.74, 6) is 2.86. The predicted molar refractivity (Wildman–Crippen MR) is 230 cm³/mol. The number of allylic oxidation sites excluding steroid dienone is 3. The SMILES string of the molecule is C1=CC2Oc3nc(-n4c5ccccc5c5c6ccc(C7CC=CC8c9ccccc9OC87)cc6ccc54)nc(-c4ccc5c(ccc6ccccc65)c4)c3C2C=C1. The van der Waals surface area contributed by atoms with Crippen molar-refractivity contribution in [2.45, 2.75) is 36.4 Å². The van der Waals surface area contributed by atoms with Crippen LogP contribution in [0.1, 0.15) is 40.9 Å². The molecule has 0 radical (unpaired) electrons. The van der Waals surface area contributed by atoms with E-state index in [4.69, 9.17) is 19.4 Å². The van der Waals surface area contributed by atoms with Gasteiger partial charge < -0.3 is 9.47 Å². The van der Waals surface area contributed by atoms with E-state index in [1.54, 1.807) is 0 Å². The van der Waals surface area contributed by atoms with Gasteiger partial charge in [0.1, 0.15) is 18.0 Å². The average Bonchev–Trinajstić information content (AvgIpc) is 3.95. The van der Waals surface area contributed by atoms with Gasteiger partial charge in [-0.05, 0) is 74.6 Å². The lowest BCUT2D eigenvalue weighted by atomic mass is 9.77. The van der Waals surface area contributed by atoms with Gasteiger partial charge in [0.05, 0.1) is 28.2 Å². The second-order valence-electron chi connectivity index (χ2n) is 15.9. The molecule has 0 saturated heterocycles. The van der Waals surface area contributed by atoms with Gasteiger partial charge in [0, 0.05) is 33.7 Å². The van der Waals surface area contributed by atoms with Crippen LogP contribution in [0.3, 0.4) is 0 Å². The summed E-state index contributed by atoms with van der Waals surface area (Å²) in [5.41, 5.74) is 7.74. The zero-order valence-electron chi connectivity index (χ0n) is 30.9. The first-order valence-corrected chi connectivity index (χ1v) is 20.0. The van der Waals surface area contributed by atoms with Crippen molar-refractivity contribution in [3.05, 3.63) is 187 Å². The summed E-state index contributed by atoms with van der Waals surface area (Å²) >= 11 is 0. The van der Waals surface area contributed by atoms with Crippen molar-refractivity contribution in [2.24, 2.45) is 0 Å². The minimum atomic E-state index is -0.118. The normalized spacial score (nSPS) is 21.5. The van der Waals surface area contributed by atoms with Crippen LogP contribution in [0, 0.1) is 0 Å². The number of para-hydroxylation sites is 2. The summed E-state index contributed by atoms with van der Waals surface area (Å²) in [4.78, 5) is 10.8. The summed E-state index contributed by atoms with van der Waals surface area (Å²) in [6, 6.07) is 48.4. The molecule has 0 spiro atoms. The second kappa shape index (κ2) is 11.8. The molecule has 0 fully saturated rings. The fourth-order valence-corrected chi connectivity index (χ4v) is 10.3. The molecule has 2 aromatic heterocycles. The van der Waals surface area contributed by atoms with Gasteiger partial charge in [0.15, 0.2) is 0 Å². The molecule has 13 rings (SSSR count). The van der Waals surface area contributed by atoms with E-state index in [9.17, 15) is 0 Å². The van der Waals surface area contributed by atoms with E-state index in [0.29, 0.717) is 11.8 Å². The monoisotopic (exact) mass is 733 g/mol. The number of fused-ring (bicyclic) bond motifs is 14. The van der Waals surface area contributed by atoms with Crippen LogP contribution in [0.4, 0.5) is 0 Å². The number of hydrogen-bond donors (Lipinski definition) is 0. The summed E-state index contributed by atoms with van der Waals surface area (Å²) in [6.45, 7) is 0. The van der Waals surface area contributed by atoms with Gasteiger partial charge >= 0.3 is 0 Å². The van der Waals surface area contributed by atoms with E-state index < -0.39 is 0 Å². The third-order valence-electron chi connectivity index (χ3n) is 12.9. The lowest BCUT2D eigenvalue weighted by Gasteiger charge is -2.30. The standard InChI is InChI=1S/C52H35N3O2/c1-2-11-35-30(10-1)20-21-31-29-34(23-25-36(31)35)49-48-42-14-5-8-19-46(42)57-51(48)54-52(53-49)55-43-17-6-3-13-41(43)47-37-26-22-33(28-32(37)24-27-44(47)55)38-15-9-16-40-39-12-4-7-18-45(39)56-50(38)40/h1-14,16-29,38,40,42,46,50H,15H2. The van der Waals surface area contributed by atoms with Crippen molar-refractivity contribution >= 4 is 54.1 Å². The molecular weight excluding hydrogens is 699 g/mol. The van der Waals surface area contributed by atoms with Crippen LogP contribution in [-0.2, 0) is 0 Å². The fourth-order valence-electron chi connectivity index (χ4n) is 10.3. The maximum atomic E-state index is 6.65. The number of benzene rings is 7. The Hall–Kier alpha value is -6.98. The van der Waals surface area contributed by atoms with Crippen LogP contribution in [0.15, 0.2) is 170 Å². The van der Waals surface area contributed by atoms with E-state index >= 15 is 0 Å². The van der Waals surface area contributed by atoms with Crippen molar-refractivity contribution < 1.29 is 9.47 Å². The minimum Gasteiger partial charge on any atom is -0.489 e. The zero-order chi connectivity index (χ0) is 37.2. The number of rotatable bonds is 3. The smallest absolute Gasteiger partial charge is 0.238 e. The molecule has 5 heteroatoms. The Labute approximate surface area is 328 Å². The number of nitrogens with zero attached hydrogens (tertiary/aromatic N) is 3. The maximum Gasteiger partial charge on any atom is 0.238 e.